The van der Waals surface area contributed by atoms with Gasteiger partial charge in [0.05, 0.1) is 11.5 Å². The van der Waals surface area contributed by atoms with Gasteiger partial charge in [0.25, 0.3) is 0 Å². The van der Waals surface area contributed by atoms with Gasteiger partial charge in [0.1, 0.15) is 16.5 Å². The predicted molar refractivity (Wildman–Crippen MR) is 68.4 cm³/mol. The zero-order valence-corrected chi connectivity index (χ0v) is 12.2. The molecule has 1 atom stereocenters. The van der Waals surface area contributed by atoms with Crippen LogP contribution in [-0.4, -0.2) is 33.9 Å². The van der Waals surface area contributed by atoms with Gasteiger partial charge in [0, 0.05) is 11.6 Å². The Morgan fingerprint density at radius 3 is 2.45 bits per heavy atom. The SMILES string of the molecule is CC1(NS(=O)(=O)c2ccc(F)cc2F)CCS(=O)(=O)C1. The van der Waals surface area contributed by atoms with Crippen molar-refractivity contribution in [1.82, 2.24) is 4.72 Å². The molecule has 112 valence electrons. The second kappa shape index (κ2) is 4.74. The average Bonchev–Trinajstić information content (AvgIpc) is 2.50. The summed E-state index contributed by atoms with van der Waals surface area (Å²) in [5.41, 5.74) is -1.18. The first-order valence-electron chi connectivity index (χ1n) is 5.73. The Kier molecular flexibility index (Phi) is 3.64. The van der Waals surface area contributed by atoms with Crippen molar-refractivity contribution >= 4 is 19.9 Å². The third-order valence-corrected chi connectivity index (χ3v) is 6.64. The van der Waals surface area contributed by atoms with Crippen molar-refractivity contribution in [2.75, 3.05) is 11.5 Å². The van der Waals surface area contributed by atoms with Crippen molar-refractivity contribution in [1.29, 1.82) is 0 Å². The summed E-state index contributed by atoms with van der Waals surface area (Å²) in [5.74, 6) is -2.59. The molecule has 5 nitrogen and oxygen atoms in total. The van der Waals surface area contributed by atoms with Gasteiger partial charge in [-0.1, -0.05) is 0 Å². The van der Waals surface area contributed by atoms with E-state index in [2.05, 4.69) is 4.72 Å². The van der Waals surface area contributed by atoms with Crippen molar-refractivity contribution < 1.29 is 25.6 Å². The van der Waals surface area contributed by atoms with Gasteiger partial charge in [0.15, 0.2) is 9.84 Å². The lowest BCUT2D eigenvalue weighted by molar-refractivity contribution is 0.458. The molecule has 0 aliphatic carbocycles. The molecule has 2 rings (SSSR count). The summed E-state index contributed by atoms with van der Waals surface area (Å²) in [7, 11) is -7.56. The molecule has 0 saturated carbocycles. The first-order chi connectivity index (χ1) is 9.03. The molecule has 1 aromatic rings. The van der Waals surface area contributed by atoms with E-state index < -0.39 is 41.9 Å². The van der Waals surface area contributed by atoms with E-state index in [1.54, 1.807) is 0 Å². The van der Waals surface area contributed by atoms with E-state index in [0.717, 1.165) is 12.1 Å². The van der Waals surface area contributed by atoms with Gasteiger partial charge >= 0.3 is 0 Å². The molecule has 9 heteroatoms. The molecule has 1 saturated heterocycles. The minimum Gasteiger partial charge on any atom is -0.229 e. The summed E-state index contributed by atoms with van der Waals surface area (Å²) >= 11 is 0. The molecule has 1 aliphatic rings. The summed E-state index contributed by atoms with van der Waals surface area (Å²) in [6.07, 6.45) is 0.109. The Bertz CT molecular complexity index is 746. The van der Waals surface area contributed by atoms with Gasteiger partial charge < -0.3 is 0 Å². The molecule has 1 aromatic carbocycles. The van der Waals surface area contributed by atoms with Crippen molar-refractivity contribution in [2.45, 2.75) is 23.8 Å². The lowest BCUT2D eigenvalue weighted by Gasteiger charge is -2.23. The third-order valence-electron chi connectivity index (χ3n) is 3.07. The minimum absolute atomic E-state index is 0.109. The van der Waals surface area contributed by atoms with E-state index in [9.17, 15) is 25.6 Å². The Balaban J connectivity index is 2.33. The van der Waals surface area contributed by atoms with E-state index in [0.29, 0.717) is 6.07 Å². The standard InChI is InChI=1S/C11H13F2NO4S2/c1-11(4-5-19(15,16)7-11)14-20(17,18)10-3-2-8(12)6-9(10)13/h2-3,6,14H,4-5,7H2,1H3. The topological polar surface area (TPSA) is 80.3 Å². The molecular weight excluding hydrogens is 312 g/mol. The first kappa shape index (κ1) is 15.3. The molecule has 20 heavy (non-hydrogen) atoms. The van der Waals surface area contributed by atoms with Crippen LogP contribution < -0.4 is 4.72 Å². The van der Waals surface area contributed by atoms with Crippen LogP contribution >= 0.6 is 0 Å². The monoisotopic (exact) mass is 325 g/mol. The highest BCUT2D eigenvalue weighted by Gasteiger charge is 2.41. The molecule has 1 fully saturated rings. The molecule has 0 spiro atoms. The smallest absolute Gasteiger partial charge is 0.229 e. The number of nitrogens with one attached hydrogen (secondary N) is 1. The number of halogens is 2. The van der Waals surface area contributed by atoms with E-state index in [4.69, 9.17) is 0 Å². The molecule has 0 radical (unpaired) electrons. The normalized spacial score (nSPS) is 25.8. The summed E-state index contributed by atoms with van der Waals surface area (Å²) < 4.78 is 75.5. The average molecular weight is 325 g/mol. The van der Waals surface area contributed by atoms with Crippen LogP contribution in [0.4, 0.5) is 8.78 Å². The highest BCUT2D eigenvalue weighted by atomic mass is 32.2. The maximum Gasteiger partial charge on any atom is 0.244 e. The Hall–Kier alpha value is -1.06. The zero-order chi connectivity index (χ0) is 15.2. The second-order valence-electron chi connectivity index (χ2n) is 5.08. The van der Waals surface area contributed by atoms with Crippen LogP contribution in [0.3, 0.4) is 0 Å². The fourth-order valence-electron chi connectivity index (χ4n) is 2.16. The Morgan fingerprint density at radius 2 is 1.95 bits per heavy atom. The summed E-state index contributed by atoms with van der Waals surface area (Å²) in [6, 6.07) is 2.09. The van der Waals surface area contributed by atoms with E-state index in [-0.39, 0.29) is 17.9 Å². The second-order valence-corrected chi connectivity index (χ2v) is 8.92. The van der Waals surface area contributed by atoms with E-state index >= 15 is 0 Å². The van der Waals surface area contributed by atoms with Crippen LogP contribution in [0.25, 0.3) is 0 Å². The van der Waals surface area contributed by atoms with Crippen molar-refractivity contribution in [3.8, 4) is 0 Å². The fourth-order valence-corrected chi connectivity index (χ4v) is 5.84. The summed E-state index contributed by atoms with van der Waals surface area (Å²) in [4.78, 5) is -0.704. The number of sulfonamides is 1. The molecule has 1 N–H and O–H groups in total. The van der Waals surface area contributed by atoms with Crippen LogP contribution in [0.5, 0.6) is 0 Å². The highest BCUT2D eigenvalue weighted by molar-refractivity contribution is 7.92. The molecule has 0 aromatic heterocycles. The van der Waals surface area contributed by atoms with E-state index in [1.807, 2.05) is 0 Å². The quantitative estimate of drug-likeness (QED) is 0.892. The lowest BCUT2D eigenvalue weighted by Crippen LogP contribution is -2.46. The minimum atomic E-state index is -4.26. The van der Waals surface area contributed by atoms with Crippen molar-refractivity contribution in [3.63, 3.8) is 0 Å². The van der Waals surface area contributed by atoms with Gasteiger partial charge in [-0.15, -0.1) is 0 Å². The molecular formula is C11H13F2NO4S2. The summed E-state index contributed by atoms with van der Waals surface area (Å²) in [6.45, 7) is 1.44. The maximum atomic E-state index is 13.5. The third kappa shape index (κ3) is 3.15. The molecule has 0 amide bonds. The first-order valence-corrected chi connectivity index (χ1v) is 9.03. The van der Waals surface area contributed by atoms with Crippen LogP contribution in [0.2, 0.25) is 0 Å². The van der Waals surface area contributed by atoms with Crippen molar-refractivity contribution in [3.05, 3.63) is 29.8 Å². The predicted octanol–water partition coefficient (Wildman–Crippen LogP) is 0.820. The van der Waals surface area contributed by atoms with Crippen LogP contribution in [0.1, 0.15) is 13.3 Å². The number of benzene rings is 1. The van der Waals surface area contributed by atoms with Crippen LogP contribution in [0, 0.1) is 11.6 Å². The van der Waals surface area contributed by atoms with E-state index in [1.165, 1.54) is 6.92 Å². The number of hydrogen-bond donors (Lipinski definition) is 1. The zero-order valence-electron chi connectivity index (χ0n) is 10.6. The largest absolute Gasteiger partial charge is 0.244 e. The lowest BCUT2D eigenvalue weighted by atomic mass is 10.0. The van der Waals surface area contributed by atoms with Crippen molar-refractivity contribution in [2.24, 2.45) is 0 Å². The number of sulfone groups is 1. The van der Waals surface area contributed by atoms with Crippen LogP contribution in [-0.2, 0) is 19.9 Å². The van der Waals surface area contributed by atoms with Gasteiger partial charge in [-0.25, -0.2) is 30.3 Å². The van der Waals surface area contributed by atoms with Crippen LogP contribution in [0.15, 0.2) is 23.1 Å². The molecule has 1 aliphatic heterocycles. The molecule has 1 unspecified atom stereocenters. The fraction of sp³-hybridized carbons (Fsp3) is 0.455. The number of hydrogen-bond acceptors (Lipinski definition) is 4. The van der Waals surface area contributed by atoms with Gasteiger partial charge in [-0.05, 0) is 25.5 Å². The molecule has 0 bridgehead atoms. The Morgan fingerprint density at radius 1 is 1.30 bits per heavy atom. The summed E-state index contributed by atoms with van der Waals surface area (Å²) in [5, 5.41) is 0. The highest BCUT2D eigenvalue weighted by Crippen LogP contribution is 2.26. The Labute approximate surface area is 116 Å². The van der Waals surface area contributed by atoms with Gasteiger partial charge in [-0.3, -0.25) is 0 Å². The molecule has 1 heterocycles. The maximum absolute atomic E-state index is 13.5. The van der Waals surface area contributed by atoms with Gasteiger partial charge in [0.2, 0.25) is 10.0 Å². The number of rotatable bonds is 3. The van der Waals surface area contributed by atoms with Gasteiger partial charge in [-0.2, -0.15) is 0 Å².